The number of aromatic nitrogens is 2. The van der Waals surface area contributed by atoms with Gasteiger partial charge in [0.2, 0.25) is 0 Å². The molecule has 0 fully saturated rings. The summed E-state index contributed by atoms with van der Waals surface area (Å²) in [6.45, 7) is 4.89. The van der Waals surface area contributed by atoms with Gasteiger partial charge in [-0.25, -0.2) is 4.98 Å². The van der Waals surface area contributed by atoms with Crippen molar-refractivity contribution in [2.75, 3.05) is 11.4 Å². The van der Waals surface area contributed by atoms with Crippen LogP contribution in [0, 0.1) is 0 Å². The number of hydrogen-bond donors (Lipinski definition) is 1. The molecule has 4 nitrogen and oxygen atoms in total. The van der Waals surface area contributed by atoms with Crippen molar-refractivity contribution in [1.29, 1.82) is 0 Å². The van der Waals surface area contributed by atoms with Gasteiger partial charge in [0.05, 0.1) is 24.7 Å². The minimum absolute atomic E-state index is 0.340. The van der Waals surface area contributed by atoms with E-state index in [0.29, 0.717) is 0 Å². The second kappa shape index (κ2) is 5.67. The van der Waals surface area contributed by atoms with E-state index in [1.807, 2.05) is 30.7 Å². The molecule has 2 aromatic rings. The molecule has 106 valence electrons. The van der Waals surface area contributed by atoms with Crippen LogP contribution in [0.25, 0.3) is 0 Å². The van der Waals surface area contributed by atoms with Gasteiger partial charge in [0.15, 0.2) is 0 Å². The molecule has 1 N–H and O–H groups in total. The lowest BCUT2D eigenvalue weighted by Crippen LogP contribution is -2.25. The Morgan fingerprint density at radius 3 is 3.05 bits per heavy atom. The molecule has 1 aromatic heterocycles. The van der Waals surface area contributed by atoms with E-state index in [-0.39, 0.29) is 6.10 Å². The number of aliphatic hydroxyl groups is 1. The summed E-state index contributed by atoms with van der Waals surface area (Å²) in [5.74, 6) is 0. The Morgan fingerprint density at radius 1 is 1.35 bits per heavy atom. The van der Waals surface area contributed by atoms with Crippen molar-refractivity contribution in [3.8, 4) is 0 Å². The summed E-state index contributed by atoms with van der Waals surface area (Å²) in [5, 5.41) is 10.2. The molecule has 0 aliphatic carbocycles. The quantitative estimate of drug-likeness (QED) is 0.933. The van der Waals surface area contributed by atoms with Crippen LogP contribution < -0.4 is 4.90 Å². The van der Waals surface area contributed by atoms with Gasteiger partial charge in [0.25, 0.3) is 0 Å². The van der Waals surface area contributed by atoms with Crippen LogP contribution in [-0.4, -0.2) is 21.2 Å². The van der Waals surface area contributed by atoms with Gasteiger partial charge >= 0.3 is 0 Å². The molecule has 3 rings (SSSR count). The first-order valence-corrected chi connectivity index (χ1v) is 7.30. The number of hydrogen-bond acceptors (Lipinski definition) is 3. The lowest BCUT2D eigenvalue weighted by Gasteiger charge is -2.25. The molecule has 0 amide bonds. The van der Waals surface area contributed by atoms with E-state index in [2.05, 4.69) is 27.4 Å². The lowest BCUT2D eigenvalue weighted by atomic mass is 10.0. The van der Waals surface area contributed by atoms with E-state index in [1.165, 1.54) is 5.69 Å². The third kappa shape index (κ3) is 2.43. The molecule has 0 bridgehead atoms. The fourth-order valence-corrected chi connectivity index (χ4v) is 2.93. The van der Waals surface area contributed by atoms with Gasteiger partial charge < -0.3 is 14.6 Å². The van der Waals surface area contributed by atoms with E-state index in [4.69, 9.17) is 0 Å². The Hall–Kier alpha value is -1.81. The Bertz CT molecular complexity index is 579. The first kappa shape index (κ1) is 13.2. The highest BCUT2D eigenvalue weighted by atomic mass is 16.3. The third-order valence-corrected chi connectivity index (χ3v) is 4.03. The van der Waals surface area contributed by atoms with Crippen LogP contribution in [0.5, 0.6) is 0 Å². The summed E-state index contributed by atoms with van der Waals surface area (Å²) in [4.78, 5) is 6.60. The zero-order valence-corrected chi connectivity index (χ0v) is 11.9. The number of fused-ring (bicyclic) bond motifs is 1. The number of nitrogens with zero attached hydrogens (tertiary/aromatic N) is 3. The smallest absolute Gasteiger partial charge is 0.0948 e. The van der Waals surface area contributed by atoms with Crippen molar-refractivity contribution >= 4 is 5.69 Å². The minimum atomic E-state index is -0.340. The van der Waals surface area contributed by atoms with Crippen LogP contribution in [0.3, 0.4) is 0 Å². The minimum Gasteiger partial charge on any atom is -0.388 e. The predicted molar refractivity (Wildman–Crippen MR) is 79.6 cm³/mol. The van der Waals surface area contributed by atoms with E-state index in [0.717, 1.165) is 43.7 Å². The van der Waals surface area contributed by atoms with Gasteiger partial charge in [-0.2, -0.15) is 0 Å². The SMILES string of the molecule is CCn1cncc1CN1CCCC(O)c2ccccc21. The average Bonchev–Trinajstić information content (AvgIpc) is 2.86. The molecule has 1 unspecified atom stereocenters. The topological polar surface area (TPSA) is 41.3 Å². The summed E-state index contributed by atoms with van der Waals surface area (Å²) in [7, 11) is 0. The van der Waals surface area contributed by atoms with Crippen molar-refractivity contribution in [2.45, 2.75) is 39.0 Å². The van der Waals surface area contributed by atoms with Crippen molar-refractivity contribution in [1.82, 2.24) is 9.55 Å². The zero-order valence-electron chi connectivity index (χ0n) is 11.9. The van der Waals surface area contributed by atoms with Crippen molar-refractivity contribution in [3.63, 3.8) is 0 Å². The lowest BCUT2D eigenvalue weighted by molar-refractivity contribution is 0.168. The number of imidazole rings is 1. The molecule has 0 saturated heterocycles. The number of aryl methyl sites for hydroxylation is 1. The summed E-state index contributed by atoms with van der Waals surface area (Å²) in [6, 6.07) is 8.19. The molecule has 2 heterocycles. The molecule has 1 aliphatic heterocycles. The van der Waals surface area contributed by atoms with Crippen molar-refractivity contribution in [2.24, 2.45) is 0 Å². The standard InChI is InChI=1S/C16H21N3O/c1-2-18-12-17-10-13(18)11-19-9-5-8-16(20)14-6-3-4-7-15(14)19/h3-4,6-7,10,12,16,20H,2,5,8-9,11H2,1H3. The Kier molecular flexibility index (Phi) is 3.74. The monoisotopic (exact) mass is 271 g/mol. The maximum absolute atomic E-state index is 10.2. The van der Waals surface area contributed by atoms with Gasteiger partial charge in [-0.05, 0) is 25.8 Å². The normalized spacial score (nSPS) is 18.7. The molecular formula is C16H21N3O. The molecule has 1 atom stereocenters. The molecule has 4 heteroatoms. The maximum atomic E-state index is 10.2. The highest BCUT2D eigenvalue weighted by Gasteiger charge is 2.21. The van der Waals surface area contributed by atoms with Crippen LogP contribution in [0.1, 0.15) is 37.1 Å². The van der Waals surface area contributed by atoms with Gasteiger partial charge in [0.1, 0.15) is 0 Å². The first-order chi connectivity index (χ1) is 9.79. The Labute approximate surface area is 119 Å². The van der Waals surface area contributed by atoms with E-state index < -0.39 is 0 Å². The maximum Gasteiger partial charge on any atom is 0.0948 e. The molecule has 0 radical (unpaired) electrons. The van der Waals surface area contributed by atoms with Crippen LogP contribution in [0.4, 0.5) is 5.69 Å². The van der Waals surface area contributed by atoms with Crippen molar-refractivity contribution < 1.29 is 5.11 Å². The van der Waals surface area contributed by atoms with Crippen LogP contribution in [0.15, 0.2) is 36.8 Å². The van der Waals surface area contributed by atoms with E-state index >= 15 is 0 Å². The third-order valence-electron chi connectivity index (χ3n) is 4.03. The summed E-state index contributed by atoms with van der Waals surface area (Å²) in [6.07, 6.45) is 5.32. The van der Waals surface area contributed by atoms with E-state index in [9.17, 15) is 5.11 Å². The number of anilines is 1. The van der Waals surface area contributed by atoms with Crippen molar-refractivity contribution in [3.05, 3.63) is 48.0 Å². The van der Waals surface area contributed by atoms with Crippen LogP contribution >= 0.6 is 0 Å². The van der Waals surface area contributed by atoms with E-state index in [1.54, 1.807) is 0 Å². The Morgan fingerprint density at radius 2 is 2.20 bits per heavy atom. The molecule has 1 aromatic carbocycles. The molecule has 0 saturated carbocycles. The fraction of sp³-hybridized carbons (Fsp3) is 0.438. The van der Waals surface area contributed by atoms with Crippen LogP contribution in [0.2, 0.25) is 0 Å². The van der Waals surface area contributed by atoms with Crippen LogP contribution in [-0.2, 0) is 13.1 Å². The van der Waals surface area contributed by atoms with Gasteiger partial charge in [-0.3, -0.25) is 0 Å². The average molecular weight is 271 g/mol. The summed E-state index contributed by atoms with van der Waals surface area (Å²) >= 11 is 0. The molecule has 0 spiro atoms. The van der Waals surface area contributed by atoms with Gasteiger partial charge in [-0.15, -0.1) is 0 Å². The number of benzene rings is 1. The number of aliphatic hydroxyl groups excluding tert-OH is 1. The molecule has 1 aliphatic rings. The molecular weight excluding hydrogens is 250 g/mol. The first-order valence-electron chi connectivity index (χ1n) is 7.30. The number of para-hydroxylation sites is 1. The largest absolute Gasteiger partial charge is 0.388 e. The fourth-order valence-electron chi connectivity index (χ4n) is 2.93. The second-order valence-electron chi connectivity index (χ2n) is 5.31. The summed E-state index contributed by atoms with van der Waals surface area (Å²) in [5.41, 5.74) is 3.42. The second-order valence-corrected chi connectivity index (χ2v) is 5.31. The zero-order chi connectivity index (χ0) is 13.9. The van der Waals surface area contributed by atoms with Gasteiger partial charge in [0, 0.05) is 30.5 Å². The summed E-state index contributed by atoms with van der Waals surface area (Å²) < 4.78 is 2.17. The highest BCUT2D eigenvalue weighted by Crippen LogP contribution is 2.33. The predicted octanol–water partition coefficient (Wildman–Crippen LogP) is 2.74. The van der Waals surface area contributed by atoms with Gasteiger partial charge in [-0.1, -0.05) is 18.2 Å². The molecule has 20 heavy (non-hydrogen) atoms. The number of rotatable bonds is 3. The Balaban J connectivity index is 1.91. The highest BCUT2D eigenvalue weighted by molar-refractivity contribution is 5.55.